The lowest BCUT2D eigenvalue weighted by molar-refractivity contribution is -0.137. The van der Waals surface area contributed by atoms with E-state index < -0.39 is 17.8 Å². The number of rotatable bonds is 8. The molecule has 1 atom stereocenters. The molecule has 2 aromatic carbocycles. The van der Waals surface area contributed by atoms with Gasteiger partial charge in [0.25, 0.3) is 0 Å². The van der Waals surface area contributed by atoms with E-state index in [-0.39, 0.29) is 11.7 Å². The molecule has 5 nitrogen and oxygen atoms in total. The zero-order chi connectivity index (χ0) is 25.0. The van der Waals surface area contributed by atoms with E-state index in [1.165, 1.54) is 17.8 Å². The van der Waals surface area contributed by atoms with Gasteiger partial charge in [0.1, 0.15) is 11.6 Å². The number of carbonyl (C=O) groups excluding carboxylic acids is 1. The van der Waals surface area contributed by atoms with E-state index in [1.807, 2.05) is 44.2 Å². The van der Waals surface area contributed by atoms with Crippen molar-refractivity contribution < 1.29 is 18.0 Å². The van der Waals surface area contributed by atoms with Crippen LogP contribution in [0.25, 0.3) is 11.2 Å². The molecule has 1 N–H and O–H groups in total. The van der Waals surface area contributed by atoms with Gasteiger partial charge in [-0.25, -0.2) is 9.97 Å². The maximum absolute atomic E-state index is 13.4. The highest BCUT2D eigenvalue weighted by molar-refractivity contribution is 7.98. The summed E-state index contributed by atoms with van der Waals surface area (Å²) >= 11 is 1.28. The van der Waals surface area contributed by atoms with Crippen LogP contribution in [0.2, 0.25) is 0 Å². The van der Waals surface area contributed by atoms with Gasteiger partial charge in [-0.1, -0.05) is 62.0 Å². The molecule has 1 amide bonds. The lowest BCUT2D eigenvalue weighted by Gasteiger charge is -2.20. The van der Waals surface area contributed by atoms with Crippen LogP contribution in [0.15, 0.2) is 72.0 Å². The van der Waals surface area contributed by atoms with E-state index in [9.17, 15) is 18.0 Å². The Labute approximate surface area is 205 Å². The highest BCUT2D eigenvalue weighted by Gasteiger charge is 2.30. The number of benzene rings is 2. The Morgan fingerprint density at radius 1 is 1.09 bits per heavy atom. The average molecular weight is 499 g/mol. The number of hydrogen-bond acceptors (Lipinski definition) is 4. The Kier molecular flexibility index (Phi) is 7.45. The lowest BCUT2D eigenvalue weighted by atomic mass is 10.1. The molecule has 0 unspecified atom stereocenters. The van der Waals surface area contributed by atoms with Gasteiger partial charge in [-0.3, -0.25) is 9.36 Å². The fourth-order valence-corrected chi connectivity index (χ4v) is 4.92. The molecule has 0 bridgehead atoms. The molecule has 2 aromatic heterocycles. The van der Waals surface area contributed by atoms with Gasteiger partial charge in [0.05, 0.1) is 5.56 Å². The molecular formula is C26H25F3N4OS. The minimum Gasteiger partial charge on any atom is -0.324 e. The highest BCUT2D eigenvalue weighted by Crippen LogP contribution is 2.33. The van der Waals surface area contributed by atoms with Crippen LogP contribution in [0.5, 0.6) is 0 Å². The van der Waals surface area contributed by atoms with Crippen molar-refractivity contribution in [3.05, 3.63) is 83.6 Å². The van der Waals surface area contributed by atoms with Crippen LogP contribution in [-0.4, -0.2) is 20.4 Å². The van der Waals surface area contributed by atoms with Crippen LogP contribution >= 0.6 is 11.8 Å². The third kappa shape index (κ3) is 5.51. The number of para-hydroxylation sites is 1. The number of nitrogens with zero attached hydrogens (tertiary/aromatic N) is 3. The molecule has 0 aliphatic carbocycles. The van der Waals surface area contributed by atoms with Crippen molar-refractivity contribution in [3.8, 4) is 0 Å². The van der Waals surface area contributed by atoms with Gasteiger partial charge >= 0.3 is 6.18 Å². The smallest absolute Gasteiger partial charge is 0.324 e. The van der Waals surface area contributed by atoms with Gasteiger partial charge in [-0.05, 0) is 48.2 Å². The second-order valence-corrected chi connectivity index (χ2v) is 8.96. The molecule has 4 aromatic rings. The zero-order valence-corrected chi connectivity index (χ0v) is 20.2. The SMILES string of the molecule is CCc1ccccc1NC(=O)[C@@H](CC)n1c(SCc2cccc(C(F)(F)F)c2)nc2cccnc21. The summed E-state index contributed by atoms with van der Waals surface area (Å²) in [7, 11) is 0. The number of amides is 1. The highest BCUT2D eigenvalue weighted by atomic mass is 32.2. The van der Waals surface area contributed by atoms with Gasteiger partial charge in [-0.2, -0.15) is 13.2 Å². The van der Waals surface area contributed by atoms with E-state index in [2.05, 4.69) is 15.3 Å². The van der Waals surface area contributed by atoms with E-state index in [4.69, 9.17) is 0 Å². The largest absolute Gasteiger partial charge is 0.416 e. The predicted octanol–water partition coefficient (Wildman–Crippen LogP) is 6.89. The van der Waals surface area contributed by atoms with E-state index in [0.717, 1.165) is 29.8 Å². The quantitative estimate of drug-likeness (QED) is 0.269. The number of aryl methyl sites for hydroxylation is 1. The van der Waals surface area contributed by atoms with Crippen LogP contribution in [-0.2, 0) is 23.1 Å². The summed E-state index contributed by atoms with van der Waals surface area (Å²) in [5.41, 5.74) is 2.80. The molecular weight excluding hydrogens is 473 g/mol. The van der Waals surface area contributed by atoms with Gasteiger partial charge < -0.3 is 5.32 Å². The van der Waals surface area contributed by atoms with Crippen LogP contribution in [0.3, 0.4) is 0 Å². The van der Waals surface area contributed by atoms with Crippen molar-refractivity contribution in [1.82, 2.24) is 14.5 Å². The molecule has 9 heteroatoms. The van der Waals surface area contributed by atoms with Crippen molar-refractivity contribution in [2.75, 3.05) is 5.32 Å². The van der Waals surface area contributed by atoms with Crippen LogP contribution in [0, 0.1) is 0 Å². The Morgan fingerprint density at radius 2 is 1.89 bits per heavy atom. The van der Waals surface area contributed by atoms with Gasteiger partial charge in [-0.15, -0.1) is 0 Å². The Morgan fingerprint density at radius 3 is 2.63 bits per heavy atom. The molecule has 0 aliphatic heterocycles. The summed E-state index contributed by atoms with van der Waals surface area (Å²) in [6, 6.07) is 15.9. The summed E-state index contributed by atoms with van der Waals surface area (Å²) in [5, 5.41) is 3.57. The summed E-state index contributed by atoms with van der Waals surface area (Å²) in [5.74, 6) is 0.0727. The Balaban J connectivity index is 1.65. The topological polar surface area (TPSA) is 59.8 Å². The van der Waals surface area contributed by atoms with Crippen molar-refractivity contribution >= 4 is 34.5 Å². The molecule has 182 valence electrons. The number of halogens is 3. The number of alkyl halides is 3. The first-order valence-corrected chi connectivity index (χ1v) is 12.3. The molecule has 0 saturated carbocycles. The molecule has 0 fully saturated rings. The molecule has 4 rings (SSSR count). The Hall–Kier alpha value is -3.33. The maximum Gasteiger partial charge on any atom is 0.416 e. The van der Waals surface area contributed by atoms with Crippen molar-refractivity contribution in [3.63, 3.8) is 0 Å². The average Bonchev–Trinajstić information content (AvgIpc) is 3.21. The molecule has 0 aliphatic rings. The van der Waals surface area contributed by atoms with Crippen LogP contribution < -0.4 is 5.32 Å². The van der Waals surface area contributed by atoms with Gasteiger partial charge in [0.15, 0.2) is 10.8 Å². The van der Waals surface area contributed by atoms with E-state index in [0.29, 0.717) is 28.3 Å². The van der Waals surface area contributed by atoms with Crippen molar-refractivity contribution in [2.24, 2.45) is 0 Å². The number of fused-ring (bicyclic) bond motifs is 1. The second-order valence-electron chi connectivity index (χ2n) is 8.02. The normalized spacial score (nSPS) is 12.6. The fraction of sp³-hybridized carbons (Fsp3) is 0.269. The first kappa shape index (κ1) is 24.8. The summed E-state index contributed by atoms with van der Waals surface area (Å²) in [4.78, 5) is 22.5. The number of nitrogens with one attached hydrogen (secondary N) is 1. The summed E-state index contributed by atoms with van der Waals surface area (Å²) in [6.45, 7) is 3.93. The monoisotopic (exact) mass is 498 g/mol. The van der Waals surface area contributed by atoms with Crippen LogP contribution in [0.4, 0.5) is 18.9 Å². The number of carbonyl (C=O) groups is 1. The molecule has 2 heterocycles. The number of imidazole rings is 1. The number of anilines is 1. The molecule has 0 saturated heterocycles. The first-order chi connectivity index (χ1) is 16.8. The predicted molar refractivity (Wildman–Crippen MR) is 132 cm³/mol. The van der Waals surface area contributed by atoms with Gasteiger partial charge in [0, 0.05) is 17.6 Å². The number of hydrogen-bond donors (Lipinski definition) is 1. The molecule has 35 heavy (non-hydrogen) atoms. The van der Waals surface area contributed by atoms with E-state index >= 15 is 0 Å². The number of thioether (sulfide) groups is 1. The van der Waals surface area contributed by atoms with Crippen molar-refractivity contribution in [1.29, 1.82) is 0 Å². The van der Waals surface area contributed by atoms with Gasteiger partial charge in [0.2, 0.25) is 5.91 Å². The number of aromatic nitrogens is 3. The second kappa shape index (κ2) is 10.5. The minimum atomic E-state index is -4.40. The van der Waals surface area contributed by atoms with Crippen molar-refractivity contribution in [2.45, 2.75) is 49.8 Å². The Bertz CT molecular complexity index is 1340. The fourth-order valence-electron chi connectivity index (χ4n) is 3.93. The molecule has 0 radical (unpaired) electrons. The van der Waals surface area contributed by atoms with E-state index in [1.54, 1.807) is 22.9 Å². The van der Waals surface area contributed by atoms with Crippen LogP contribution in [0.1, 0.15) is 43.0 Å². The third-order valence-corrected chi connectivity index (χ3v) is 6.72. The standard InChI is InChI=1S/C26H25F3N4OS/c1-3-18-10-5-6-12-20(18)31-24(34)22(4-2)33-23-21(13-8-14-30-23)32-25(33)35-16-17-9-7-11-19(15-17)26(27,28)29/h5-15,22H,3-4,16H2,1-2H3,(H,31,34)/t22-/m1/s1. The third-order valence-electron chi connectivity index (χ3n) is 5.70. The number of pyridine rings is 1. The lowest BCUT2D eigenvalue weighted by Crippen LogP contribution is -2.26. The minimum absolute atomic E-state index is 0.195. The molecule has 0 spiro atoms. The first-order valence-electron chi connectivity index (χ1n) is 11.3. The zero-order valence-electron chi connectivity index (χ0n) is 19.3. The summed E-state index contributed by atoms with van der Waals surface area (Å²) < 4.78 is 41.2. The maximum atomic E-state index is 13.4. The summed E-state index contributed by atoms with van der Waals surface area (Å²) in [6.07, 6.45) is -1.50.